The quantitative estimate of drug-likeness (QED) is 0.514. The Morgan fingerprint density at radius 1 is 1.22 bits per heavy atom. The molecule has 2 unspecified atom stereocenters. The van der Waals surface area contributed by atoms with Crippen LogP contribution in [0.2, 0.25) is 0 Å². The molecule has 1 saturated heterocycles. The van der Waals surface area contributed by atoms with Crippen LogP contribution in [0.3, 0.4) is 0 Å². The first-order valence-corrected chi connectivity index (χ1v) is 14.0. The van der Waals surface area contributed by atoms with Crippen molar-refractivity contribution in [3.8, 4) is 11.5 Å². The molecule has 5 aliphatic rings. The number of ether oxygens (including phenoxy) is 2. The van der Waals surface area contributed by atoms with Crippen molar-refractivity contribution in [3.05, 3.63) is 71.8 Å². The highest BCUT2D eigenvalue weighted by Crippen LogP contribution is 2.73. The molecule has 0 aromatic heterocycles. The van der Waals surface area contributed by atoms with Crippen molar-refractivity contribution < 1.29 is 19.7 Å². The largest absolute Gasteiger partial charge is 0.504 e. The Morgan fingerprint density at radius 3 is 2.70 bits per heavy atom. The van der Waals surface area contributed by atoms with Crippen LogP contribution in [-0.2, 0) is 16.6 Å². The summed E-state index contributed by atoms with van der Waals surface area (Å²) in [6.45, 7) is 8.98. The number of likely N-dealkylation sites (tertiary alicyclic amines) is 1. The molecule has 37 heavy (non-hydrogen) atoms. The predicted octanol–water partition coefficient (Wildman–Crippen LogP) is 5.15. The van der Waals surface area contributed by atoms with Gasteiger partial charge in [0.1, 0.15) is 12.2 Å². The first kappa shape index (κ1) is 23.8. The van der Waals surface area contributed by atoms with Gasteiger partial charge >= 0.3 is 0 Å². The van der Waals surface area contributed by atoms with E-state index in [0.717, 1.165) is 43.8 Å². The van der Waals surface area contributed by atoms with E-state index >= 15 is 0 Å². The predicted molar refractivity (Wildman–Crippen MR) is 143 cm³/mol. The number of aliphatic hydroxyl groups is 1. The molecule has 0 amide bonds. The van der Waals surface area contributed by atoms with Gasteiger partial charge in [0.2, 0.25) is 0 Å². The average Bonchev–Trinajstić information content (AvgIpc) is 3.65. The Kier molecular flexibility index (Phi) is 5.19. The van der Waals surface area contributed by atoms with Gasteiger partial charge in [-0.25, -0.2) is 0 Å². The third kappa shape index (κ3) is 3.08. The molecule has 2 saturated carbocycles. The molecule has 2 heterocycles. The molecule has 2 bridgehead atoms. The van der Waals surface area contributed by atoms with Crippen molar-refractivity contribution in [2.75, 3.05) is 20.2 Å². The number of nitrogens with zero attached hydrogens (tertiary/aromatic N) is 1. The zero-order chi connectivity index (χ0) is 25.6. The molecule has 2 N–H and O–H groups in total. The van der Waals surface area contributed by atoms with Crippen molar-refractivity contribution in [1.82, 2.24) is 4.90 Å². The molecule has 2 aliphatic heterocycles. The molecule has 7 atom stereocenters. The molecule has 5 heteroatoms. The second-order valence-corrected chi connectivity index (χ2v) is 12.7. The first-order chi connectivity index (χ1) is 17.9. The van der Waals surface area contributed by atoms with Crippen molar-refractivity contribution >= 4 is 0 Å². The maximum absolute atomic E-state index is 11.4. The summed E-state index contributed by atoms with van der Waals surface area (Å²) in [6, 6.07) is 14.2. The van der Waals surface area contributed by atoms with Crippen LogP contribution in [0, 0.1) is 16.7 Å². The van der Waals surface area contributed by atoms with Gasteiger partial charge in [-0.2, -0.15) is 0 Å². The normalized spacial score (nSPS) is 38.5. The Labute approximate surface area is 220 Å². The average molecular weight is 502 g/mol. The number of methoxy groups -OCH3 is 1. The second-order valence-electron chi connectivity index (χ2n) is 12.7. The number of piperidine rings is 1. The Bertz CT molecular complexity index is 1230. The number of hydrogen-bond acceptors (Lipinski definition) is 5. The fraction of sp³-hybridized carbons (Fsp3) is 0.562. The Balaban J connectivity index is 1.39. The number of rotatable bonds is 7. The van der Waals surface area contributed by atoms with E-state index in [9.17, 15) is 10.2 Å². The van der Waals surface area contributed by atoms with Crippen LogP contribution in [0.1, 0.15) is 61.8 Å². The summed E-state index contributed by atoms with van der Waals surface area (Å²) in [4.78, 5) is 2.75. The maximum atomic E-state index is 11.4. The molecule has 196 valence electrons. The zero-order valence-electron chi connectivity index (χ0n) is 22.0. The van der Waals surface area contributed by atoms with E-state index in [0.29, 0.717) is 18.2 Å². The van der Waals surface area contributed by atoms with Gasteiger partial charge in [-0.15, -0.1) is 6.58 Å². The van der Waals surface area contributed by atoms with Crippen molar-refractivity contribution in [3.63, 3.8) is 0 Å². The van der Waals surface area contributed by atoms with E-state index in [1.165, 1.54) is 24.0 Å². The fourth-order valence-electron chi connectivity index (χ4n) is 9.18. The summed E-state index contributed by atoms with van der Waals surface area (Å²) in [5, 5.41) is 22.4. The second kappa shape index (κ2) is 8.08. The summed E-state index contributed by atoms with van der Waals surface area (Å²) in [5.41, 5.74) is 2.55. The van der Waals surface area contributed by atoms with Crippen LogP contribution in [0.5, 0.6) is 11.5 Å². The van der Waals surface area contributed by atoms with Crippen LogP contribution in [0.4, 0.5) is 0 Å². The SMILES string of the molecule is C=C[C@@]12C[C@](C)(CC(O)c3ccccc3)C(OC)[C@H]3Oc4c(O)ccc5c4[C@]31CCN(CC1CC1)[C@H]2C5. The van der Waals surface area contributed by atoms with E-state index in [1.54, 1.807) is 7.11 Å². The minimum atomic E-state index is -0.599. The van der Waals surface area contributed by atoms with Crippen molar-refractivity contribution in [2.24, 2.45) is 16.7 Å². The standard InChI is InChI=1S/C32H39NO4/c1-4-31-19-30(2,17-24(35)21-8-6-5-7-9-21)28(36-3)29-32(31)14-15-33(18-20-10-11-20)25(31)16-22-12-13-23(34)27(37-29)26(22)32/h4-9,12-13,20,24-25,28-29,34-35H,1,10-11,14-19H2,2-3H3/t24?,25-,28?,29+,30-,31-,32+/m0/s1. The summed E-state index contributed by atoms with van der Waals surface area (Å²) in [5.74, 6) is 1.68. The van der Waals surface area contributed by atoms with E-state index in [-0.39, 0.29) is 34.2 Å². The lowest BCUT2D eigenvalue weighted by Gasteiger charge is -2.69. The third-order valence-corrected chi connectivity index (χ3v) is 10.8. The van der Waals surface area contributed by atoms with E-state index in [1.807, 2.05) is 36.4 Å². The van der Waals surface area contributed by atoms with Gasteiger partial charge in [-0.05, 0) is 68.2 Å². The minimum Gasteiger partial charge on any atom is -0.504 e. The molecule has 1 spiro atoms. The summed E-state index contributed by atoms with van der Waals surface area (Å²) < 4.78 is 13.2. The van der Waals surface area contributed by atoms with Crippen LogP contribution >= 0.6 is 0 Å². The molecule has 2 aromatic carbocycles. The van der Waals surface area contributed by atoms with Gasteiger partial charge in [-0.3, -0.25) is 4.90 Å². The van der Waals surface area contributed by atoms with Gasteiger partial charge in [0, 0.05) is 36.1 Å². The third-order valence-electron chi connectivity index (χ3n) is 10.8. The zero-order valence-corrected chi connectivity index (χ0v) is 22.0. The number of hydrogen-bond donors (Lipinski definition) is 2. The Hall–Kier alpha value is -2.34. The fourth-order valence-corrected chi connectivity index (χ4v) is 9.18. The lowest BCUT2D eigenvalue weighted by atomic mass is 9.39. The number of phenols is 1. The lowest BCUT2D eigenvalue weighted by molar-refractivity contribution is -0.206. The minimum absolute atomic E-state index is 0.222. The summed E-state index contributed by atoms with van der Waals surface area (Å²) >= 11 is 0. The van der Waals surface area contributed by atoms with Crippen LogP contribution in [-0.4, -0.2) is 53.6 Å². The van der Waals surface area contributed by atoms with Crippen LogP contribution in [0.25, 0.3) is 0 Å². The van der Waals surface area contributed by atoms with Gasteiger partial charge in [-0.1, -0.05) is 49.4 Å². The van der Waals surface area contributed by atoms with Gasteiger partial charge in [0.25, 0.3) is 0 Å². The van der Waals surface area contributed by atoms with Gasteiger partial charge in [0.15, 0.2) is 11.5 Å². The van der Waals surface area contributed by atoms with Crippen LogP contribution < -0.4 is 4.74 Å². The maximum Gasteiger partial charge on any atom is 0.165 e. The van der Waals surface area contributed by atoms with E-state index < -0.39 is 6.10 Å². The molecular formula is C32H39NO4. The molecule has 3 aliphatic carbocycles. The highest BCUT2D eigenvalue weighted by Gasteiger charge is 2.75. The highest BCUT2D eigenvalue weighted by atomic mass is 16.5. The smallest absolute Gasteiger partial charge is 0.165 e. The molecule has 0 radical (unpaired) electrons. The van der Waals surface area contributed by atoms with Crippen molar-refractivity contribution in [2.45, 2.75) is 75.2 Å². The highest BCUT2D eigenvalue weighted by molar-refractivity contribution is 5.63. The van der Waals surface area contributed by atoms with E-state index in [2.05, 4.69) is 30.5 Å². The molecule has 2 aromatic rings. The topological polar surface area (TPSA) is 62.2 Å². The monoisotopic (exact) mass is 501 g/mol. The molecular weight excluding hydrogens is 462 g/mol. The Morgan fingerprint density at radius 2 is 2.00 bits per heavy atom. The van der Waals surface area contributed by atoms with Crippen LogP contribution in [0.15, 0.2) is 55.1 Å². The van der Waals surface area contributed by atoms with Gasteiger partial charge in [0.05, 0.1) is 11.5 Å². The molecule has 5 nitrogen and oxygen atoms in total. The number of phenolic OH excluding ortho intramolecular Hbond substituents is 1. The lowest BCUT2D eigenvalue weighted by Crippen LogP contribution is -2.75. The number of benzene rings is 2. The van der Waals surface area contributed by atoms with Gasteiger partial charge < -0.3 is 19.7 Å². The summed E-state index contributed by atoms with van der Waals surface area (Å²) in [6.07, 6.45) is 7.19. The first-order valence-electron chi connectivity index (χ1n) is 14.0. The number of aliphatic hydroxyl groups excluding tert-OH is 1. The van der Waals surface area contributed by atoms with Crippen molar-refractivity contribution in [1.29, 1.82) is 0 Å². The molecule has 3 fully saturated rings. The number of aromatic hydroxyl groups is 1. The summed E-state index contributed by atoms with van der Waals surface area (Å²) in [7, 11) is 1.78. The molecule has 7 rings (SSSR count). The van der Waals surface area contributed by atoms with E-state index in [4.69, 9.17) is 9.47 Å².